The molecule has 0 fully saturated rings. The van der Waals surface area contributed by atoms with Crippen molar-refractivity contribution in [3.63, 3.8) is 0 Å². The summed E-state index contributed by atoms with van der Waals surface area (Å²) in [7, 11) is 1.59. The number of ether oxygens (including phenoxy) is 1. The van der Waals surface area contributed by atoms with E-state index in [1.165, 1.54) is 0 Å². The first-order chi connectivity index (χ1) is 14.7. The lowest BCUT2D eigenvalue weighted by Gasteiger charge is -2.19. The molecule has 0 aliphatic heterocycles. The molecule has 3 heteroatoms. The standard InChI is InChI=1S/C28H36O3/c1-7-8-9-10-11-20(2)25(27(30)22-14-18-24(31-6)19-15-22)26(29)21-12-16-23(17-13-21)28(3,4)5/h12-19H,7-11H2,1-6H3. The summed E-state index contributed by atoms with van der Waals surface area (Å²) >= 11 is 0. The van der Waals surface area contributed by atoms with Crippen LogP contribution in [0.3, 0.4) is 0 Å². The second kappa shape index (κ2) is 11.1. The third-order valence-electron chi connectivity index (χ3n) is 5.65. The van der Waals surface area contributed by atoms with E-state index in [1.54, 1.807) is 31.4 Å². The lowest BCUT2D eigenvalue weighted by atomic mass is 9.85. The molecule has 0 spiro atoms. The van der Waals surface area contributed by atoms with Crippen LogP contribution < -0.4 is 4.74 Å². The van der Waals surface area contributed by atoms with E-state index in [0.29, 0.717) is 22.4 Å². The molecule has 0 aliphatic rings. The molecule has 0 aliphatic carbocycles. The van der Waals surface area contributed by atoms with Crippen molar-refractivity contribution in [2.45, 2.75) is 72.1 Å². The van der Waals surface area contributed by atoms with Crippen molar-refractivity contribution >= 4 is 11.6 Å². The minimum atomic E-state index is -0.222. The molecule has 0 unspecified atom stereocenters. The molecule has 0 saturated carbocycles. The highest BCUT2D eigenvalue weighted by Crippen LogP contribution is 2.26. The normalized spacial score (nSPS) is 12.3. The number of methoxy groups -OCH3 is 1. The van der Waals surface area contributed by atoms with Gasteiger partial charge in [0.05, 0.1) is 12.7 Å². The summed E-state index contributed by atoms with van der Waals surface area (Å²) < 4.78 is 5.20. The second-order valence-electron chi connectivity index (χ2n) is 9.18. The van der Waals surface area contributed by atoms with E-state index in [1.807, 2.05) is 31.2 Å². The molecule has 0 N–H and O–H groups in total. The Hall–Kier alpha value is -2.68. The number of allylic oxidation sites excluding steroid dienone is 2. The van der Waals surface area contributed by atoms with Crippen molar-refractivity contribution in [3.8, 4) is 5.75 Å². The van der Waals surface area contributed by atoms with Crippen LogP contribution in [-0.4, -0.2) is 18.7 Å². The smallest absolute Gasteiger partial charge is 0.196 e. The van der Waals surface area contributed by atoms with Gasteiger partial charge < -0.3 is 4.74 Å². The molecule has 166 valence electrons. The zero-order chi connectivity index (χ0) is 23.0. The quantitative estimate of drug-likeness (QED) is 0.133. The van der Waals surface area contributed by atoms with E-state index in [4.69, 9.17) is 4.74 Å². The van der Waals surface area contributed by atoms with E-state index in [-0.39, 0.29) is 17.0 Å². The summed E-state index contributed by atoms with van der Waals surface area (Å²) in [6.45, 7) is 10.5. The van der Waals surface area contributed by atoms with Crippen LogP contribution in [-0.2, 0) is 5.41 Å². The van der Waals surface area contributed by atoms with E-state index in [9.17, 15) is 9.59 Å². The van der Waals surface area contributed by atoms with Crippen LogP contribution in [0.2, 0.25) is 0 Å². The first kappa shape index (κ1) is 24.6. The van der Waals surface area contributed by atoms with Gasteiger partial charge in [0.15, 0.2) is 11.6 Å². The van der Waals surface area contributed by atoms with Crippen molar-refractivity contribution in [2.75, 3.05) is 7.11 Å². The van der Waals surface area contributed by atoms with Crippen molar-refractivity contribution in [2.24, 2.45) is 0 Å². The van der Waals surface area contributed by atoms with Gasteiger partial charge in [-0.2, -0.15) is 0 Å². The summed E-state index contributed by atoms with van der Waals surface area (Å²) in [6, 6.07) is 14.6. The van der Waals surface area contributed by atoms with Crippen LogP contribution in [0, 0.1) is 0 Å². The molecule has 31 heavy (non-hydrogen) atoms. The Morgan fingerprint density at radius 1 is 0.806 bits per heavy atom. The molecule has 2 rings (SSSR count). The highest BCUT2D eigenvalue weighted by molar-refractivity contribution is 6.31. The fourth-order valence-corrected chi connectivity index (χ4v) is 3.59. The Morgan fingerprint density at radius 2 is 1.32 bits per heavy atom. The maximum atomic E-state index is 13.5. The fraction of sp³-hybridized carbons (Fsp3) is 0.429. The van der Waals surface area contributed by atoms with Gasteiger partial charge in [-0.15, -0.1) is 0 Å². The number of Topliss-reactive ketones (excluding diaryl/α,β-unsaturated/α-hetero) is 2. The molecule has 0 aromatic heterocycles. The van der Waals surface area contributed by atoms with Crippen LogP contribution in [0.15, 0.2) is 59.7 Å². The zero-order valence-corrected chi connectivity index (χ0v) is 19.9. The van der Waals surface area contributed by atoms with E-state index in [2.05, 4.69) is 27.7 Å². The molecule has 2 aromatic carbocycles. The van der Waals surface area contributed by atoms with Crippen molar-refractivity contribution in [3.05, 3.63) is 76.4 Å². The average molecular weight is 421 g/mol. The van der Waals surface area contributed by atoms with E-state index < -0.39 is 0 Å². The molecular formula is C28H36O3. The van der Waals surface area contributed by atoms with Crippen molar-refractivity contribution in [1.82, 2.24) is 0 Å². The van der Waals surface area contributed by atoms with E-state index in [0.717, 1.165) is 43.2 Å². The fourth-order valence-electron chi connectivity index (χ4n) is 3.59. The minimum absolute atomic E-state index is 0.00829. The zero-order valence-electron chi connectivity index (χ0n) is 19.9. The minimum Gasteiger partial charge on any atom is -0.497 e. The van der Waals surface area contributed by atoms with Crippen molar-refractivity contribution < 1.29 is 14.3 Å². The molecule has 0 amide bonds. The third-order valence-corrected chi connectivity index (χ3v) is 5.65. The molecule has 2 aromatic rings. The number of carbonyl (C=O) groups is 2. The van der Waals surface area contributed by atoms with Gasteiger partial charge in [0.1, 0.15) is 5.75 Å². The van der Waals surface area contributed by atoms with Gasteiger partial charge in [-0.1, -0.05) is 76.8 Å². The number of rotatable bonds is 10. The number of hydrogen-bond donors (Lipinski definition) is 0. The highest BCUT2D eigenvalue weighted by atomic mass is 16.5. The third kappa shape index (κ3) is 6.65. The average Bonchev–Trinajstić information content (AvgIpc) is 2.76. The van der Waals surface area contributed by atoms with Gasteiger partial charge in [0.25, 0.3) is 0 Å². The van der Waals surface area contributed by atoms with Gasteiger partial charge in [-0.3, -0.25) is 9.59 Å². The van der Waals surface area contributed by atoms with Crippen LogP contribution in [0.25, 0.3) is 0 Å². The Bertz CT molecular complexity index is 910. The lowest BCUT2D eigenvalue weighted by Crippen LogP contribution is -2.17. The Kier molecular flexibility index (Phi) is 8.79. The summed E-state index contributed by atoms with van der Waals surface area (Å²) in [6.07, 6.45) is 5.15. The monoisotopic (exact) mass is 420 g/mol. The van der Waals surface area contributed by atoms with Crippen molar-refractivity contribution in [1.29, 1.82) is 0 Å². The lowest BCUT2D eigenvalue weighted by molar-refractivity contribution is 0.0960. The Labute approximate surface area is 187 Å². The number of ketones is 2. The van der Waals surface area contributed by atoms with Crippen LogP contribution in [0.4, 0.5) is 0 Å². The maximum Gasteiger partial charge on any atom is 0.196 e. The summed E-state index contributed by atoms with van der Waals surface area (Å²) in [5, 5.41) is 0. The molecule has 3 nitrogen and oxygen atoms in total. The second-order valence-corrected chi connectivity index (χ2v) is 9.18. The molecule has 0 bridgehead atoms. The van der Waals surface area contributed by atoms with Crippen LogP contribution in [0.5, 0.6) is 5.75 Å². The molecule has 0 radical (unpaired) electrons. The highest BCUT2D eigenvalue weighted by Gasteiger charge is 2.24. The first-order valence-corrected chi connectivity index (χ1v) is 11.2. The predicted octanol–water partition coefficient (Wildman–Crippen LogP) is 7.35. The Morgan fingerprint density at radius 3 is 1.77 bits per heavy atom. The molecular weight excluding hydrogens is 384 g/mol. The largest absolute Gasteiger partial charge is 0.497 e. The molecule has 0 heterocycles. The summed E-state index contributed by atoms with van der Waals surface area (Å²) in [5.41, 5.74) is 3.38. The topological polar surface area (TPSA) is 43.4 Å². The summed E-state index contributed by atoms with van der Waals surface area (Å²) in [4.78, 5) is 26.9. The van der Waals surface area contributed by atoms with Crippen LogP contribution >= 0.6 is 0 Å². The number of hydrogen-bond acceptors (Lipinski definition) is 3. The van der Waals surface area contributed by atoms with Gasteiger partial charge in [0.2, 0.25) is 0 Å². The summed E-state index contributed by atoms with van der Waals surface area (Å²) in [5.74, 6) is 0.261. The van der Waals surface area contributed by atoms with Gasteiger partial charge >= 0.3 is 0 Å². The number of carbonyl (C=O) groups excluding carboxylic acids is 2. The first-order valence-electron chi connectivity index (χ1n) is 11.2. The SMILES string of the molecule is CCCCCCC(C)=C(C(=O)c1ccc(OC)cc1)C(=O)c1ccc(C(C)(C)C)cc1. The van der Waals surface area contributed by atoms with Gasteiger partial charge in [-0.25, -0.2) is 0 Å². The molecule has 0 atom stereocenters. The Balaban J connectivity index is 2.40. The van der Waals surface area contributed by atoms with Gasteiger partial charge in [-0.05, 0) is 55.0 Å². The maximum absolute atomic E-state index is 13.5. The van der Waals surface area contributed by atoms with E-state index >= 15 is 0 Å². The number of unbranched alkanes of at least 4 members (excludes halogenated alkanes) is 3. The van der Waals surface area contributed by atoms with Gasteiger partial charge in [0, 0.05) is 11.1 Å². The number of benzene rings is 2. The molecule has 0 saturated heterocycles. The van der Waals surface area contributed by atoms with Crippen LogP contribution in [0.1, 0.15) is 93.0 Å². The predicted molar refractivity (Wildman–Crippen MR) is 128 cm³/mol.